The number of halogens is 3. The van der Waals surface area contributed by atoms with Gasteiger partial charge in [0, 0.05) is 19.0 Å². The van der Waals surface area contributed by atoms with Gasteiger partial charge in [0.25, 0.3) is 0 Å². The zero-order valence-electron chi connectivity index (χ0n) is 18.3. The highest BCUT2D eigenvalue weighted by Gasteiger charge is 2.46. The van der Waals surface area contributed by atoms with E-state index in [0.717, 1.165) is 28.7 Å². The fourth-order valence-electron chi connectivity index (χ4n) is 4.05. The first kappa shape index (κ1) is 22.6. The van der Waals surface area contributed by atoms with E-state index in [1.807, 2.05) is 24.3 Å². The monoisotopic (exact) mass is 464 g/mol. The van der Waals surface area contributed by atoms with Crippen molar-refractivity contribution in [3.63, 3.8) is 0 Å². The summed E-state index contributed by atoms with van der Waals surface area (Å²) in [5, 5.41) is 14.5. The van der Waals surface area contributed by atoms with Gasteiger partial charge in [0.2, 0.25) is 0 Å². The maximum Gasteiger partial charge on any atom is 0.410 e. The Morgan fingerprint density at radius 3 is 2.56 bits per heavy atom. The maximum atomic E-state index is 14.0. The summed E-state index contributed by atoms with van der Waals surface area (Å²) in [6, 6.07) is 7.20. The summed E-state index contributed by atoms with van der Waals surface area (Å²) in [6.45, 7) is 6.86. The van der Waals surface area contributed by atoms with E-state index in [1.54, 1.807) is 10.6 Å². The number of nitrogens with one attached hydrogen (secondary N) is 2. The largest absolute Gasteiger partial charge is 0.410 e. The molecule has 32 heavy (non-hydrogen) atoms. The number of hydrogen-bond acceptors (Lipinski definition) is 4. The lowest BCUT2D eigenvalue weighted by atomic mass is 9.94. The minimum absolute atomic E-state index is 0.138. The molecule has 1 aliphatic rings. The Balaban J connectivity index is 1.71. The van der Waals surface area contributed by atoms with Crippen molar-refractivity contribution in [1.82, 2.24) is 24.5 Å². The molecular weight excluding hydrogens is 437 g/mol. The smallest absolute Gasteiger partial charge is 0.363 e. The summed E-state index contributed by atoms with van der Waals surface area (Å²) < 4.78 is 45.3. The van der Waals surface area contributed by atoms with Crippen LogP contribution in [0.25, 0.3) is 11.5 Å². The average molecular weight is 465 g/mol. The van der Waals surface area contributed by atoms with Gasteiger partial charge in [-0.2, -0.15) is 23.4 Å². The Morgan fingerprint density at radius 2 is 1.94 bits per heavy atom. The Kier molecular flexibility index (Phi) is 6.15. The molecule has 0 saturated carbocycles. The van der Waals surface area contributed by atoms with Gasteiger partial charge in [-0.1, -0.05) is 51.5 Å². The van der Waals surface area contributed by atoms with Crippen molar-refractivity contribution >= 4 is 18.0 Å². The van der Waals surface area contributed by atoms with Gasteiger partial charge >= 0.3 is 6.18 Å². The highest BCUT2D eigenvalue weighted by atomic mass is 32.1. The van der Waals surface area contributed by atoms with E-state index in [0.29, 0.717) is 34.6 Å². The second-order valence-electron chi connectivity index (χ2n) is 8.53. The molecule has 0 bridgehead atoms. The minimum atomic E-state index is -4.43. The van der Waals surface area contributed by atoms with Crippen LogP contribution in [0.1, 0.15) is 69.2 Å². The Bertz CT molecular complexity index is 1130. The molecule has 2 N–H and O–H groups in total. The van der Waals surface area contributed by atoms with Gasteiger partial charge in [0.1, 0.15) is 11.5 Å². The highest BCUT2D eigenvalue weighted by molar-refractivity contribution is 7.71. The van der Waals surface area contributed by atoms with E-state index in [1.165, 1.54) is 0 Å². The molecule has 2 aromatic heterocycles. The molecule has 2 atom stereocenters. The molecule has 0 amide bonds. The van der Waals surface area contributed by atoms with Crippen molar-refractivity contribution in [3.05, 3.63) is 46.2 Å². The van der Waals surface area contributed by atoms with Crippen molar-refractivity contribution in [2.24, 2.45) is 0 Å². The van der Waals surface area contributed by atoms with Gasteiger partial charge < -0.3 is 5.32 Å². The summed E-state index contributed by atoms with van der Waals surface area (Å²) >= 11 is 5.30. The van der Waals surface area contributed by atoms with E-state index in [2.05, 4.69) is 41.4 Å². The van der Waals surface area contributed by atoms with Crippen molar-refractivity contribution in [1.29, 1.82) is 0 Å². The molecule has 1 aliphatic heterocycles. The number of aromatic amines is 1. The zero-order chi connectivity index (χ0) is 23.0. The predicted molar refractivity (Wildman–Crippen MR) is 120 cm³/mol. The third-order valence-corrected chi connectivity index (χ3v) is 6.23. The molecule has 0 radical (unpaired) electrons. The van der Waals surface area contributed by atoms with E-state index >= 15 is 0 Å². The number of benzene rings is 1. The van der Waals surface area contributed by atoms with E-state index in [4.69, 9.17) is 12.2 Å². The van der Waals surface area contributed by atoms with Gasteiger partial charge in [-0.15, -0.1) is 0 Å². The number of hydrogen-bond donors (Lipinski definition) is 2. The molecule has 0 spiro atoms. The molecule has 3 aromatic rings. The van der Waals surface area contributed by atoms with Crippen LogP contribution in [0.2, 0.25) is 0 Å². The predicted octanol–water partition coefficient (Wildman–Crippen LogP) is 6.39. The van der Waals surface area contributed by atoms with E-state index < -0.39 is 18.3 Å². The Hall–Kier alpha value is -2.62. The first-order valence-electron chi connectivity index (χ1n) is 10.9. The second kappa shape index (κ2) is 8.73. The lowest BCUT2D eigenvalue weighted by Crippen LogP contribution is -2.35. The van der Waals surface area contributed by atoms with Gasteiger partial charge in [-0.05, 0) is 35.7 Å². The molecule has 4 rings (SSSR count). The molecule has 0 aliphatic carbocycles. The summed E-state index contributed by atoms with van der Waals surface area (Å²) in [5.41, 5.74) is 2.34. The van der Waals surface area contributed by atoms with Crippen molar-refractivity contribution in [2.75, 3.05) is 5.32 Å². The lowest BCUT2D eigenvalue weighted by molar-refractivity contribution is -0.173. The lowest BCUT2D eigenvalue weighted by Gasteiger charge is -2.33. The molecule has 0 saturated heterocycles. The number of alkyl halides is 3. The van der Waals surface area contributed by atoms with Crippen molar-refractivity contribution < 1.29 is 13.2 Å². The third-order valence-electron chi connectivity index (χ3n) is 5.92. The fraction of sp³-hybridized carbons (Fsp3) is 0.500. The molecule has 172 valence electrons. The van der Waals surface area contributed by atoms with Gasteiger partial charge in [-0.25, -0.2) is 4.68 Å². The Labute approximate surface area is 189 Å². The van der Waals surface area contributed by atoms with Crippen LogP contribution < -0.4 is 5.32 Å². The third kappa shape index (κ3) is 4.32. The van der Waals surface area contributed by atoms with Gasteiger partial charge in [-0.3, -0.25) is 9.67 Å². The topological polar surface area (TPSA) is 63.5 Å². The zero-order valence-corrected chi connectivity index (χ0v) is 19.1. The SMILES string of the molecule is CCCCn1c(-c2cc3n(n2)[C@@H](C(F)(F)F)C[C@H](c2ccc(C(C)C)cc2)N3)n[nH]c1=S. The molecule has 6 nitrogen and oxygen atoms in total. The number of fused-ring (bicyclic) bond motifs is 1. The first-order valence-corrected chi connectivity index (χ1v) is 11.3. The number of aromatic nitrogens is 5. The van der Waals surface area contributed by atoms with Crippen LogP contribution in [0.3, 0.4) is 0 Å². The normalized spacial score (nSPS) is 18.6. The van der Waals surface area contributed by atoms with Crippen LogP contribution in [0, 0.1) is 4.77 Å². The molecule has 1 aromatic carbocycles. The highest BCUT2D eigenvalue weighted by Crippen LogP contribution is 2.44. The van der Waals surface area contributed by atoms with Crippen molar-refractivity contribution in [3.8, 4) is 11.5 Å². The summed E-state index contributed by atoms with van der Waals surface area (Å²) in [5.74, 6) is 1.13. The van der Waals surface area contributed by atoms with E-state index in [9.17, 15) is 13.2 Å². The Morgan fingerprint density at radius 1 is 1.22 bits per heavy atom. The standard InChI is InChI=1S/C22H27F3N6S/c1-4-5-10-30-20(27-28-21(30)32)17-12-19-26-16(11-18(22(23,24)25)31(19)29-17)15-8-6-14(7-9-15)13(2)3/h6-9,12-13,16,18,26H,4-5,10-11H2,1-3H3,(H,28,32)/t16-,18-/m1/s1. The molecule has 10 heteroatoms. The number of anilines is 1. The van der Waals surface area contributed by atoms with Crippen LogP contribution in [0.15, 0.2) is 30.3 Å². The quantitative estimate of drug-likeness (QED) is 0.415. The molecule has 3 heterocycles. The second-order valence-corrected chi connectivity index (χ2v) is 8.92. The van der Waals surface area contributed by atoms with Gasteiger partial charge in [0.05, 0.1) is 6.04 Å². The van der Waals surface area contributed by atoms with Gasteiger partial charge in [0.15, 0.2) is 16.6 Å². The average Bonchev–Trinajstić information content (AvgIpc) is 3.33. The van der Waals surface area contributed by atoms with Crippen LogP contribution >= 0.6 is 12.2 Å². The molecule has 0 unspecified atom stereocenters. The first-order chi connectivity index (χ1) is 15.2. The molecule has 0 fully saturated rings. The number of nitrogens with zero attached hydrogens (tertiary/aromatic N) is 4. The minimum Gasteiger partial charge on any atom is -0.363 e. The maximum absolute atomic E-state index is 14.0. The van der Waals surface area contributed by atoms with Crippen molar-refractivity contribution in [2.45, 2.75) is 70.8 Å². The molecular formula is C22H27F3N6S. The van der Waals surface area contributed by atoms with Crippen LogP contribution in [0.5, 0.6) is 0 Å². The van der Waals surface area contributed by atoms with E-state index in [-0.39, 0.29) is 6.42 Å². The number of rotatable bonds is 6. The number of unbranched alkanes of at least 4 members (excludes halogenated alkanes) is 1. The summed E-state index contributed by atoms with van der Waals surface area (Å²) in [7, 11) is 0. The van der Waals surface area contributed by atoms with Crippen LogP contribution in [0.4, 0.5) is 19.0 Å². The number of H-pyrrole nitrogens is 1. The summed E-state index contributed by atoms with van der Waals surface area (Å²) in [4.78, 5) is 0. The fourth-order valence-corrected chi connectivity index (χ4v) is 4.27. The van der Waals surface area contributed by atoms with Crippen LogP contribution in [-0.4, -0.2) is 30.7 Å². The summed E-state index contributed by atoms with van der Waals surface area (Å²) in [6.07, 6.45) is -2.72. The van der Waals surface area contributed by atoms with Crippen LogP contribution in [-0.2, 0) is 6.54 Å².